The van der Waals surface area contributed by atoms with Gasteiger partial charge in [-0.3, -0.25) is 14.4 Å². The quantitative estimate of drug-likeness (QED) is 0.0261. The fourth-order valence-electron chi connectivity index (χ4n) is 10.1. The van der Waals surface area contributed by atoms with Gasteiger partial charge in [-0.15, -0.1) is 0 Å². The van der Waals surface area contributed by atoms with E-state index in [1.165, 1.54) is 225 Å². The molecule has 0 aromatic rings. The van der Waals surface area contributed by atoms with Crippen molar-refractivity contribution in [2.45, 2.75) is 367 Å². The Morgan fingerprint density at radius 3 is 0.744 bits per heavy atom. The van der Waals surface area contributed by atoms with Crippen molar-refractivity contribution in [1.29, 1.82) is 0 Å². The smallest absolute Gasteiger partial charge is 0.306 e. The molecule has 6 nitrogen and oxygen atoms in total. The number of unbranched alkanes of at least 4 members (excludes halogenated alkanes) is 42. The minimum atomic E-state index is -0.779. The van der Waals surface area contributed by atoms with Crippen LogP contribution in [-0.4, -0.2) is 37.2 Å². The summed E-state index contributed by atoms with van der Waals surface area (Å²) in [7, 11) is 0. The van der Waals surface area contributed by atoms with Gasteiger partial charge in [-0.1, -0.05) is 313 Å². The van der Waals surface area contributed by atoms with Crippen LogP contribution in [0.1, 0.15) is 361 Å². The minimum Gasteiger partial charge on any atom is -0.462 e. The Hall–Kier alpha value is -2.89. The number of hydrogen-bond donors (Lipinski definition) is 0. The molecule has 0 bridgehead atoms. The molecule has 0 aromatic heterocycles. The third-order valence-corrected chi connectivity index (χ3v) is 15.2. The lowest BCUT2D eigenvalue weighted by Crippen LogP contribution is -2.30. The van der Waals surface area contributed by atoms with Crippen LogP contribution in [0, 0.1) is 0 Å². The van der Waals surface area contributed by atoms with Gasteiger partial charge >= 0.3 is 17.9 Å². The van der Waals surface area contributed by atoms with Crippen LogP contribution in [0.4, 0.5) is 0 Å². The normalized spacial score (nSPS) is 12.4. The number of esters is 3. The Morgan fingerprint density at radius 2 is 0.462 bits per heavy atom. The Balaban J connectivity index is 4.18. The summed E-state index contributed by atoms with van der Waals surface area (Å²) >= 11 is 0. The van der Waals surface area contributed by atoms with Gasteiger partial charge in [0.05, 0.1) is 0 Å². The molecule has 0 radical (unpaired) electrons. The second kappa shape index (κ2) is 66.6. The molecule has 1 unspecified atom stereocenters. The highest BCUT2D eigenvalue weighted by atomic mass is 16.6. The molecular weight excluding hydrogens is 961 g/mol. The van der Waals surface area contributed by atoms with Crippen molar-refractivity contribution in [3.05, 3.63) is 60.8 Å². The van der Waals surface area contributed by atoms with Crippen LogP contribution < -0.4 is 0 Å². The van der Waals surface area contributed by atoms with Crippen LogP contribution in [-0.2, 0) is 28.6 Å². The predicted molar refractivity (Wildman–Crippen MR) is 339 cm³/mol. The monoisotopic (exact) mass is 1090 g/mol. The molecule has 0 aromatic carbocycles. The predicted octanol–water partition coefficient (Wildman–Crippen LogP) is 23.5. The van der Waals surface area contributed by atoms with Gasteiger partial charge in [-0.05, 0) is 89.9 Å². The van der Waals surface area contributed by atoms with Gasteiger partial charge in [-0.2, -0.15) is 0 Å². The largest absolute Gasteiger partial charge is 0.462 e. The van der Waals surface area contributed by atoms with Crippen LogP contribution in [0.3, 0.4) is 0 Å². The third kappa shape index (κ3) is 63.9. The van der Waals surface area contributed by atoms with E-state index in [-0.39, 0.29) is 31.1 Å². The molecule has 0 aliphatic heterocycles. The van der Waals surface area contributed by atoms with Crippen molar-refractivity contribution in [2.24, 2.45) is 0 Å². The maximum atomic E-state index is 12.9. The molecule has 1 atom stereocenters. The second-order valence-corrected chi connectivity index (χ2v) is 23.1. The fraction of sp³-hybridized carbons (Fsp3) is 0.819. The summed E-state index contributed by atoms with van der Waals surface area (Å²) in [5.74, 6) is -0.868. The molecule has 0 aliphatic rings. The van der Waals surface area contributed by atoms with Gasteiger partial charge in [0, 0.05) is 19.3 Å². The summed E-state index contributed by atoms with van der Waals surface area (Å²) in [6.07, 6.45) is 85.3. The Kier molecular flexibility index (Phi) is 64.2. The van der Waals surface area contributed by atoms with Gasteiger partial charge in [0.25, 0.3) is 0 Å². The standard InChI is InChI=1S/C72H130O6/c1-4-7-10-13-16-19-22-25-28-29-30-31-32-33-34-35-36-37-38-39-40-41-42-43-45-47-50-53-56-59-62-65-71(74)77-68-69(67-76-70(73)64-61-58-55-52-49-46-27-24-21-18-15-12-9-6-3)78-72(75)66-63-60-57-54-51-48-44-26-23-20-17-14-11-8-5-2/h17,20,22,25-26,29-30,32-33,44,69H,4-16,18-19,21,23-24,27-28,31,34-43,45-68H2,1-3H3/b20-17-,25-22-,30-29-,33-32-,44-26-. The molecule has 454 valence electrons. The average Bonchev–Trinajstić information content (AvgIpc) is 3.44. The highest BCUT2D eigenvalue weighted by Crippen LogP contribution is 2.17. The lowest BCUT2D eigenvalue weighted by molar-refractivity contribution is -0.167. The summed E-state index contributed by atoms with van der Waals surface area (Å²) in [5, 5.41) is 0. The average molecular weight is 1090 g/mol. The molecular formula is C72H130O6. The zero-order valence-electron chi connectivity index (χ0n) is 52.2. The van der Waals surface area contributed by atoms with E-state index in [9.17, 15) is 14.4 Å². The summed E-state index contributed by atoms with van der Waals surface area (Å²) in [4.78, 5) is 38.3. The SMILES string of the molecule is CCCCC/C=C\C/C=C\CCCCCCCC(=O)OC(COC(=O)CCCCCCCCCCCCCCCC)COC(=O)CCCCCCCCCCCCCCCCCC/C=C\C/C=C\C/C=C\CCCCCCC. The fourth-order valence-corrected chi connectivity index (χ4v) is 10.1. The zero-order valence-corrected chi connectivity index (χ0v) is 52.2. The van der Waals surface area contributed by atoms with E-state index in [0.29, 0.717) is 19.3 Å². The van der Waals surface area contributed by atoms with Crippen molar-refractivity contribution in [1.82, 2.24) is 0 Å². The topological polar surface area (TPSA) is 78.9 Å². The van der Waals surface area contributed by atoms with Gasteiger partial charge in [0.2, 0.25) is 0 Å². The van der Waals surface area contributed by atoms with E-state index >= 15 is 0 Å². The number of hydrogen-bond acceptors (Lipinski definition) is 6. The Morgan fingerprint density at radius 1 is 0.256 bits per heavy atom. The Bertz CT molecular complexity index is 1390. The van der Waals surface area contributed by atoms with Crippen molar-refractivity contribution in [2.75, 3.05) is 13.2 Å². The molecule has 0 heterocycles. The number of carbonyl (C=O) groups excluding carboxylic acids is 3. The molecule has 0 aliphatic carbocycles. The van der Waals surface area contributed by atoms with Gasteiger partial charge in [0.15, 0.2) is 6.10 Å². The van der Waals surface area contributed by atoms with Gasteiger partial charge in [0.1, 0.15) is 13.2 Å². The first-order valence-corrected chi connectivity index (χ1v) is 34.3. The van der Waals surface area contributed by atoms with Crippen molar-refractivity contribution in [3.8, 4) is 0 Å². The van der Waals surface area contributed by atoms with Crippen molar-refractivity contribution >= 4 is 17.9 Å². The minimum absolute atomic E-state index is 0.0752. The first kappa shape index (κ1) is 75.1. The number of carbonyl (C=O) groups is 3. The van der Waals surface area contributed by atoms with Crippen LogP contribution in [0.2, 0.25) is 0 Å². The van der Waals surface area contributed by atoms with E-state index in [0.717, 1.165) is 96.3 Å². The van der Waals surface area contributed by atoms with E-state index in [1.54, 1.807) is 0 Å². The molecule has 0 rings (SSSR count). The molecule has 0 amide bonds. The number of rotatable bonds is 63. The van der Waals surface area contributed by atoms with E-state index in [1.807, 2.05) is 0 Å². The first-order chi connectivity index (χ1) is 38.5. The lowest BCUT2D eigenvalue weighted by atomic mass is 10.0. The highest BCUT2D eigenvalue weighted by Gasteiger charge is 2.19. The van der Waals surface area contributed by atoms with Crippen LogP contribution in [0.5, 0.6) is 0 Å². The summed E-state index contributed by atoms with van der Waals surface area (Å²) in [5.41, 5.74) is 0. The first-order valence-electron chi connectivity index (χ1n) is 34.3. The summed E-state index contributed by atoms with van der Waals surface area (Å²) < 4.78 is 16.9. The molecule has 78 heavy (non-hydrogen) atoms. The summed E-state index contributed by atoms with van der Waals surface area (Å²) in [6, 6.07) is 0. The third-order valence-electron chi connectivity index (χ3n) is 15.2. The van der Waals surface area contributed by atoms with E-state index < -0.39 is 6.10 Å². The molecule has 6 heteroatoms. The van der Waals surface area contributed by atoms with Crippen molar-refractivity contribution < 1.29 is 28.6 Å². The molecule has 0 N–H and O–H groups in total. The van der Waals surface area contributed by atoms with Crippen LogP contribution in [0.15, 0.2) is 60.8 Å². The molecule has 0 saturated heterocycles. The Labute approximate surface area is 485 Å². The molecule has 0 fully saturated rings. The lowest BCUT2D eigenvalue weighted by Gasteiger charge is -2.18. The van der Waals surface area contributed by atoms with Gasteiger partial charge in [-0.25, -0.2) is 0 Å². The van der Waals surface area contributed by atoms with E-state index in [2.05, 4.69) is 81.5 Å². The number of allylic oxidation sites excluding steroid dienone is 10. The second-order valence-electron chi connectivity index (χ2n) is 23.1. The zero-order chi connectivity index (χ0) is 56.4. The van der Waals surface area contributed by atoms with E-state index in [4.69, 9.17) is 14.2 Å². The maximum Gasteiger partial charge on any atom is 0.306 e. The number of ether oxygens (including phenoxy) is 3. The van der Waals surface area contributed by atoms with Crippen LogP contribution in [0.25, 0.3) is 0 Å². The summed E-state index contributed by atoms with van der Waals surface area (Å²) in [6.45, 7) is 6.64. The highest BCUT2D eigenvalue weighted by molar-refractivity contribution is 5.71. The van der Waals surface area contributed by atoms with Gasteiger partial charge < -0.3 is 14.2 Å². The van der Waals surface area contributed by atoms with Crippen LogP contribution >= 0.6 is 0 Å². The molecule has 0 spiro atoms. The molecule has 0 saturated carbocycles. The maximum absolute atomic E-state index is 12.9. The van der Waals surface area contributed by atoms with Crippen molar-refractivity contribution in [3.63, 3.8) is 0 Å².